The smallest absolute Gasteiger partial charge is 0.339 e. The molecular weight excluding hydrogens is 400 g/mol. The summed E-state index contributed by atoms with van der Waals surface area (Å²) in [6.45, 7) is 8.15. The van der Waals surface area contributed by atoms with Crippen LogP contribution in [0.4, 0.5) is 10.7 Å². The van der Waals surface area contributed by atoms with E-state index in [2.05, 4.69) is 31.4 Å². The van der Waals surface area contributed by atoms with Crippen LogP contribution in [0.1, 0.15) is 65.3 Å². The fourth-order valence-corrected chi connectivity index (χ4v) is 5.25. The van der Waals surface area contributed by atoms with Gasteiger partial charge < -0.3 is 15.4 Å². The van der Waals surface area contributed by atoms with E-state index in [4.69, 9.17) is 4.74 Å². The second-order valence-electron chi connectivity index (χ2n) is 8.69. The fraction of sp³-hybridized carbons (Fsp3) is 0.435. The maximum absolute atomic E-state index is 13.3. The van der Waals surface area contributed by atoms with Crippen LogP contribution in [0, 0.1) is 11.3 Å². The number of ether oxygens (including phenoxy) is 1. The Bertz CT molecular complexity index is 988. The molecule has 30 heavy (non-hydrogen) atoms. The van der Waals surface area contributed by atoms with Gasteiger partial charge in [-0.25, -0.2) is 4.79 Å². The maximum atomic E-state index is 13.3. The van der Waals surface area contributed by atoms with Crippen LogP contribution in [0.3, 0.4) is 0 Å². The first-order valence-corrected chi connectivity index (χ1v) is 10.8. The number of nitrogens with one attached hydrogen (secondary N) is 2. The topological polar surface area (TPSA) is 84.5 Å². The molecule has 0 aliphatic heterocycles. The number of hydrogen-bond donors (Lipinski definition) is 2. The molecule has 7 heteroatoms. The number of para-hydroxylation sites is 1. The second-order valence-corrected chi connectivity index (χ2v) is 9.79. The Kier molecular flexibility index (Phi) is 6.31. The zero-order valence-electron chi connectivity index (χ0n) is 18.0. The van der Waals surface area contributed by atoms with Crippen molar-refractivity contribution in [3.05, 3.63) is 45.8 Å². The van der Waals surface area contributed by atoms with E-state index in [1.807, 2.05) is 0 Å². The van der Waals surface area contributed by atoms with E-state index in [9.17, 15) is 14.4 Å². The molecular formula is C23H28N2O4S. The molecule has 1 aromatic carbocycles. The summed E-state index contributed by atoms with van der Waals surface area (Å²) in [4.78, 5) is 38.2. The van der Waals surface area contributed by atoms with Crippen LogP contribution in [0.2, 0.25) is 0 Å². The Hall–Kier alpha value is -2.67. The highest BCUT2D eigenvalue weighted by molar-refractivity contribution is 7.17. The third kappa shape index (κ3) is 4.56. The lowest BCUT2D eigenvalue weighted by atomic mass is 9.72. The molecule has 1 heterocycles. The number of methoxy groups -OCH3 is 1. The highest BCUT2D eigenvalue weighted by Gasteiger charge is 2.34. The number of benzene rings is 1. The molecule has 0 saturated carbocycles. The number of esters is 1. The molecule has 1 aliphatic rings. The van der Waals surface area contributed by atoms with Gasteiger partial charge in [-0.05, 0) is 48.3 Å². The molecule has 1 aliphatic carbocycles. The summed E-state index contributed by atoms with van der Waals surface area (Å²) in [6, 6.07) is 6.72. The summed E-state index contributed by atoms with van der Waals surface area (Å²) < 4.78 is 4.81. The lowest BCUT2D eigenvalue weighted by molar-refractivity contribution is -0.114. The lowest BCUT2D eigenvalue weighted by Crippen LogP contribution is -2.27. The first-order valence-electron chi connectivity index (χ1n) is 10.0. The van der Waals surface area contributed by atoms with Crippen molar-refractivity contribution in [3.8, 4) is 0 Å². The molecule has 2 amide bonds. The zero-order valence-corrected chi connectivity index (χ0v) is 18.9. The molecule has 1 aromatic heterocycles. The first-order chi connectivity index (χ1) is 14.1. The van der Waals surface area contributed by atoms with Crippen LogP contribution in [0.5, 0.6) is 0 Å². The Labute approximate surface area is 181 Å². The number of thiophene rings is 1. The fourth-order valence-electron chi connectivity index (χ4n) is 3.88. The number of amides is 2. The normalized spacial score (nSPS) is 15.8. The van der Waals surface area contributed by atoms with E-state index in [1.54, 1.807) is 24.3 Å². The second kappa shape index (κ2) is 8.60. The third-order valence-electron chi connectivity index (χ3n) is 5.59. The molecule has 0 unspecified atom stereocenters. The van der Waals surface area contributed by atoms with Crippen molar-refractivity contribution in [1.29, 1.82) is 0 Å². The molecule has 0 radical (unpaired) electrons. The van der Waals surface area contributed by atoms with Crippen LogP contribution in [-0.4, -0.2) is 24.9 Å². The standard InChI is InChI=1S/C23H28N2O4S/c1-13(26)24-21-19(16-11-10-14(23(2,3)4)12-18(16)30-21)20(27)25-17-9-7-6-8-15(17)22(28)29-5/h6-9,14H,10-12H2,1-5H3,(H,24,26)(H,25,27)/t14-/m1/s1. The Morgan fingerprint density at radius 1 is 1.13 bits per heavy atom. The van der Waals surface area contributed by atoms with Gasteiger partial charge in [-0.15, -0.1) is 11.3 Å². The summed E-state index contributed by atoms with van der Waals surface area (Å²) >= 11 is 1.48. The molecule has 6 nitrogen and oxygen atoms in total. The number of rotatable bonds is 4. The first kappa shape index (κ1) is 22.0. The average Bonchev–Trinajstić information content (AvgIpc) is 3.03. The van der Waals surface area contributed by atoms with E-state index >= 15 is 0 Å². The monoisotopic (exact) mass is 428 g/mol. The SMILES string of the molecule is COC(=O)c1ccccc1NC(=O)c1c(NC(C)=O)sc2c1CC[C@@H](C(C)(C)C)C2. The van der Waals surface area contributed by atoms with E-state index in [0.717, 1.165) is 29.7 Å². The third-order valence-corrected chi connectivity index (χ3v) is 6.76. The Morgan fingerprint density at radius 2 is 1.83 bits per heavy atom. The summed E-state index contributed by atoms with van der Waals surface area (Å²) in [6.07, 6.45) is 2.67. The number of carbonyl (C=O) groups is 3. The van der Waals surface area contributed by atoms with Crippen LogP contribution in [-0.2, 0) is 22.4 Å². The molecule has 0 spiro atoms. The summed E-state index contributed by atoms with van der Waals surface area (Å²) in [5, 5.41) is 6.24. The molecule has 0 saturated heterocycles. The van der Waals surface area contributed by atoms with Crippen molar-refractivity contribution in [2.75, 3.05) is 17.7 Å². The van der Waals surface area contributed by atoms with Crippen LogP contribution in [0.25, 0.3) is 0 Å². The average molecular weight is 429 g/mol. The Balaban J connectivity index is 1.97. The van der Waals surface area contributed by atoms with Crippen molar-refractivity contribution in [2.24, 2.45) is 11.3 Å². The molecule has 2 aromatic rings. The van der Waals surface area contributed by atoms with Crippen molar-refractivity contribution >= 4 is 39.8 Å². The highest BCUT2D eigenvalue weighted by atomic mass is 32.1. The molecule has 160 valence electrons. The van der Waals surface area contributed by atoms with E-state index < -0.39 is 5.97 Å². The van der Waals surface area contributed by atoms with Gasteiger partial charge in [-0.3, -0.25) is 9.59 Å². The number of anilines is 2. The van der Waals surface area contributed by atoms with Gasteiger partial charge in [-0.2, -0.15) is 0 Å². The van der Waals surface area contributed by atoms with Gasteiger partial charge in [0, 0.05) is 11.8 Å². The van der Waals surface area contributed by atoms with Crippen molar-refractivity contribution in [2.45, 2.75) is 47.0 Å². The minimum Gasteiger partial charge on any atom is -0.465 e. The van der Waals surface area contributed by atoms with Gasteiger partial charge in [0.1, 0.15) is 5.00 Å². The van der Waals surface area contributed by atoms with Crippen molar-refractivity contribution < 1.29 is 19.1 Å². The maximum Gasteiger partial charge on any atom is 0.339 e. The van der Waals surface area contributed by atoms with Gasteiger partial charge in [0.2, 0.25) is 5.91 Å². The molecule has 3 rings (SSSR count). The minimum absolute atomic E-state index is 0.178. The van der Waals surface area contributed by atoms with E-state index in [0.29, 0.717) is 22.2 Å². The van der Waals surface area contributed by atoms with Crippen molar-refractivity contribution in [1.82, 2.24) is 0 Å². The Morgan fingerprint density at radius 3 is 2.47 bits per heavy atom. The predicted octanol–water partition coefficient (Wildman–Crippen LogP) is 4.90. The van der Waals surface area contributed by atoms with Gasteiger partial charge in [0.15, 0.2) is 0 Å². The highest BCUT2D eigenvalue weighted by Crippen LogP contribution is 2.44. The van der Waals surface area contributed by atoms with Gasteiger partial charge >= 0.3 is 5.97 Å². The summed E-state index contributed by atoms with van der Waals surface area (Å²) in [7, 11) is 1.30. The van der Waals surface area contributed by atoms with Crippen LogP contribution >= 0.6 is 11.3 Å². The number of hydrogen-bond acceptors (Lipinski definition) is 5. The molecule has 2 N–H and O–H groups in total. The van der Waals surface area contributed by atoms with Gasteiger partial charge in [0.25, 0.3) is 5.91 Å². The predicted molar refractivity (Wildman–Crippen MR) is 119 cm³/mol. The minimum atomic E-state index is -0.520. The van der Waals surface area contributed by atoms with Crippen LogP contribution in [0.15, 0.2) is 24.3 Å². The van der Waals surface area contributed by atoms with E-state index in [1.165, 1.54) is 25.4 Å². The van der Waals surface area contributed by atoms with E-state index in [-0.39, 0.29) is 22.8 Å². The quantitative estimate of drug-likeness (QED) is 0.679. The summed E-state index contributed by atoms with van der Waals surface area (Å²) in [5.74, 6) is -0.551. The largest absolute Gasteiger partial charge is 0.465 e. The number of fused-ring (bicyclic) bond motifs is 1. The summed E-state index contributed by atoms with van der Waals surface area (Å²) in [5.41, 5.74) is 2.34. The van der Waals surface area contributed by atoms with Gasteiger partial charge in [-0.1, -0.05) is 32.9 Å². The van der Waals surface area contributed by atoms with Crippen LogP contribution < -0.4 is 10.6 Å². The molecule has 0 fully saturated rings. The zero-order chi connectivity index (χ0) is 22.1. The lowest BCUT2D eigenvalue weighted by Gasteiger charge is -2.33. The van der Waals surface area contributed by atoms with Crippen molar-refractivity contribution in [3.63, 3.8) is 0 Å². The molecule has 1 atom stereocenters. The van der Waals surface area contributed by atoms with Gasteiger partial charge in [0.05, 0.1) is 23.9 Å². The number of carbonyl (C=O) groups excluding carboxylic acids is 3. The molecule has 0 bridgehead atoms.